The van der Waals surface area contributed by atoms with Crippen LogP contribution in [0.5, 0.6) is 5.75 Å². The molecule has 0 aliphatic carbocycles. The van der Waals surface area contributed by atoms with E-state index in [1.54, 1.807) is 26.1 Å². The van der Waals surface area contributed by atoms with Crippen molar-refractivity contribution < 1.29 is 9.53 Å². The molecule has 2 N–H and O–H groups in total. The van der Waals surface area contributed by atoms with Gasteiger partial charge in [0.05, 0.1) is 7.11 Å². The molecule has 2 aromatic carbocycles. The SMILES string of the molecule is CCNC(=NCCC(C)c1ccc(OC)cc1)NCCc1cccc(C(=O)N(C)C)c1. The topological polar surface area (TPSA) is 66.0 Å². The highest BCUT2D eigenvalue weighted by Gasteiger charge is 2.09. The van der Waals surface area contributed by atoms with Crippen molar-refractivity contribution >= 4 is 11.9 Å². The Morgan fingerprint density at radius 2 is 1.87 bits per heavy atom. The van der Waals surface area contributed by atoms with Gasteiger partial charge in [0.25, 0.3) is 5.91 Å². The van der Waals surface area contributed by atoms with E-state index < -0.39 is 0 Å². The van der Waals surface area contributed by atoms with Gasteiger partial charge < -0.3 is 20.3 Å². The summed E-state index contributed by atoms with van der Waals surface area (Å²) in [4.78, 5) is 18.5. The summed E-state index contributed by atoms with van der Waals surface area (Å²) in [5.74, 6) is 2.15. The van der Waals surface area contributed by atoms with E-state index in [0.717, 1.165) is 55.3 Å². The number of benzene rings is 2. The second-order valence-electron chi connectivity index (χ2n) is 7.80. The van der Waals surface area contributed by atoms with E-state index in [4.69, 9.17) is 9.73 Å². The minimum Gasteiger partial charge on any atom is -0.497 e. The minimum atomic E-state index is 0.0238. The van der Waals surface area contributed by atoms with Crippen LogP contribution < -0.4 is 15.4 Å². The van der Waals surface area contributed by atoms with Gasteiger partial charge in [-0.05, 0) is 61.1 Å². The number of hydrogen-bond donors (Lipinski definition) is 2. The fourth-order valence-corrected chi connectivity index (χ4v) is 3.25. The zero-order valence-electron chi connectivity index (χ0n) is 19.4. The molecule has 1 amide bonds. The summed E-state index contributed by atoms with van der Waals surface area (Å²) in [6, 6.07) is 16.0. The largest absolute Gasteiger partial charge is 0.497 e. The molecule has 0 fully saturated rings. The van der Waals surface area contributed by atoms with Crippen LogP contribution in [0.25, 0.3) is 0 Å². The molecule has 1 atom stereocenters. The maximum absolute atomic E-state index is 12.1. The Kier molecular flexibility index (Phi) is 9.88. The predicted molar refractivity (Wildman–Crippen MR) is 128 cm³/mol. The lowest BCUT2D eigenvalue weighted by Gasteiger charge is -2.14. The highest BCUT2D eigenvalue weighted by molar-refractivity contribution is 5.94. The lowest BCUT2D eigenvalue weighted by atomic mass is 9.98. The van der Waals surface area contributed by atoms with Crippen molar-refractivity contribution in [1.29, 1.82) is 0 Å². The monoisotopic (exact) mass is 424 g/mol. The summed E-state index contributed by atoms with van der Waals surface area (Å²) in [6.07, 6.45) is 1.79. The first-order valence-corrected chi connectivity index (χ1v) is 10.9. The molecule has 0 spiro atoms. The van der Waals surface area contributed by atoms with Gasteiger partial charge in [0.15, 0.2) is 5.96 Å². The molecular weight excluding hydrogens is 388 g/mol. The number of ether oxygens (including phenoxy) is 1. The average Bonchev–Trinajstić information content (AvgIpc) is 2.78. The molecule has 168 valence electrons. The summed E-state index contributed by atoms with van der Waals surface area (Å²) in [5.41, 5.74) is 3.14. The zero-order chi connectivity index (χ0) is 22.6. The quantitative estimate of drug-likeness (QED) is 0.451. The van der Waals surface area contributed by atoms with Crippen molar-refractivity contribution in [2.45, 2.75) is 32.6 Å². The van der Waals surface area contributed by atoms with E-state index in [2.05, 4.69) is 42.7 Å². The maximum atomic E-state index is 12.1. The fraction of sp³-hybridized carbons (Fsp3) is 0.440. The summed E-state index contributed by atoms with van der Waals surface area (Å²) in [6.45, 7) is 6.59. The third-order valence-electron chi connectivity index (χ3n) is 5.15. The van der Waals surface area contributed by atoms with Crippen LogP contribution in [0.15, 0.2) is 53.5 Å². The third kappa shape index (κ3) is 7.96. The third-order valence-corrected chi connectivity index (χ3v) is 5.15. The van der Waals surface area contributed by atoms with Crippen LogP contribution in [0.3, 0.4) is 0 Å². The van der Waals surface area contributed by atoms with Crippen molar-refractivity contribution in [3.8, 4) is 5.75 Å². The summed E-state index contributed by atoms with van der Waals surface area (Å²) in [7, 11) is 5.22. The zero-order valence-corrected chi connectivity index (χ0v) is 19.4. The molecule has 0 heterocycles. The number of carbonyl (C=O) groups excluding carboxylic acids is 1. The van der Waals surface area contributed by atoms with Crippen molar-refractivity contribution in [2.24, 2.45) is 4.99 Å². The average molecular weight is 425 g/mol. The molecule has 0 bridgehead atoms. The van der Waals surface area contributed by atoms with Crippen LogP contribution in [0.2, 0.25) is 0 Å². The smallest absolute Gasteiger partial charge is 0.253 e. The number of aliphatic imine (C=N–C) groups is 1. The van der Waals surface area contributed by atoms with Crippen LogP contribution in [0, 0.1) is 0 Å². The van der Waals surface area contributed by atoms with Crippen molar-refractivity contribution in [2.75, 3.05) is 40.8 Å². The number of amides is 1. The van der Waals surface area contributed by atoms with Crippen LogP contribution in [-0.4, -0.2) is 57.6 Å². The number of guanidine groups is 1. The van der Waals surface area contributed by atoms with Crippen LogP contribution in [0.4, 0.5) is 0 Å². The van der Waals surface area contributed by atoms with Gasteiger partial charge in [-0.15, -0.1) is 0 Å². The molecule has 0 saturated carbocycles. The first-order valence-electron chi connectivity index (χ1n) is 10.9. The van der Waals surface area contributed by atoms with Gasteiger partial charge in [-0.1, -0.05) is 31.2 Å². The molecule has 6 nitrogen and oxygen atoms in total. The molecule has 0 aromatic heterocycles. The first-order chi connectivity index (χ1) is 14.9. The molecule has 0 aliphatic rings. The van der Waals surface area contributed by atoms with Gasteiger partial charge >= 0.3 is 0 Å². The Morgan fingerprint density at radius 3 is 2.52 bits per heavy atom. The standard InChI is InChI=1S/C25H36N4O2/c1-6-26-25(27-16-14-19(2)21-10-12-23(31-5)13-11-21)28-17-15-20-8-7-9-22(18-20)24(30)29(3)4/h7-13,18-19H,6,14-17H2,1-5H3,(H2,26,27,28). The highest BCUT2D eigenvalue weighted by atomic mass is 16.5. The number of carbonyl (C=O) groups is 1. The van der Waals surface area contributed by atoms with Crippen molar-refractivity contribution in [1.82, 2.24) is 15.5 Å². The Bertz CT molecular complexity index is 847. The maximum Gasteiger partial charge on any atom is 0.253 e. The van der Waals surface area contributed by atoms with E-state index in [1.165, 1.54) is 5.56 Å². The van der Waals surface area contributed by atoms with Gasteiger partial charge in [-0.25, -0.2) is 0 Å². The number of hydrogen-bond acceptors (Lipinski definition) is 3. The van der Waals surface area contributed by atoms with E-state index in [0.29, 0.717) is 5.92 Å². The molecule has 0 radical (unpaired) electrons. The Balaban J connectivity index is 1.85. The lowest BCUT2D eigenvalue weighted by molar-refractivity contribution is 0.0827. The van der Waals surface area contributed by atoms with Crippen molar-refractivity contribution in [3.63, 3.8) is 0 Å². The molecule has 0 aliphatic heterocycles. The Labute approximate surface area is 186 Å². The van der Waals surface area contributed by atoms with E-state index >= 15 is 0 Å². The van der Waals surface area contributed by atoms with Gasteiger partial charge in [0.2, 0.25) is 0 Å². The first kappa shape index (κ1) is 24.3. The lowest BCUT2D eigenvalue weighted by Crippen LogP contribution is -2.38. The Morgan fingerprint density at radius 1 is 1.13 bits per heavy atom. The molecule has 2 aromatic rings. The predicted octanol–water partition coefficient (Wildman–Crippen LogP) is 3.69. The Hall–Kier alpha value is -3.02. The number of methoxy groups -OCH3 is 1. The fourth-order valence-electron chi connectivity index (χ4n) is 3.25. The van der Waals surface area contributed by atoms with Gasteiger partial charge in [0.1, 0.15) is 5.75 Å². The van der Waals surface area contributed by atoms with Crippen molar-refractivity contribution in [3.05, 3.63) is 65.2 Å². The van der Waals surface area contributed by atoms with E-state index in [9.17, 15) is 4.79 Å². The second kappa shape index (κ2) is 12.6. The van der Waals surface area contributed by atoms with Crippen LogP contribution in [0.1, 0.15) is 47.7 Å². The summed E-state index contributed by atoms with van der Waals surface area (Å²) >= 11 is 0. The number of nitrogens with zero attached hydrogens (tertiary/aromatic N) is 2. The van der Waals surface area contributed by atoms with Gasteiger partial charge in [0, 0.05) is 39.3 Å². The summed E-state index contributed by atoms with van der Waals surface area (Å²) < 4.78 is 5.23. The van der Waals surface area contributed by atoms with Crippen LogP contribution in [-0.2, 0) is 6.42 Å². The van der Waals surface area contributed by atoms with Crippen LogP contribution >= 0.6 is 0 Å². The van der Waals surface area contributed by atoms with E-state index in [-0.39, 0.29) is 5.91 Å². The molecule has 0 saturated heterocycles. The van der Waals surface area contributed by atoms with Gasteiger partial charge in [-0.2, -0.15) is 0 Å². The number of rotatable bonds is 10. The molecule has 31 heavy (non-hydrogen) atoms. The molecule has 2 rings (SSSR count). The normalized spacial score (nSPS) is 12.2. The van der Waals surface area contributed by atoms with E-state index in [1.807, 2.05) is 30.3 Å². The van der Waals surface area contributed by atoms with Gasteiger partial charge in [-0.3, -0.25) is 9.79 Å². The highest BCUT2D eigenvalue weighted by Crippen LogP contribution is 2.21. The summed E-state index contributed by atoms with van der Waals surface area (Å²) in [5, 5.41) is 6.70. The molecule has 6 heteroatoms. The molecular formula is C25H36N4O2. The minimum absolute atomic E-state index is 0.0238. The second-order valence-corrected chi connectivity index (χ2v) is 7.80. The number of nitrogens with one attached hydrogen (secondary N) is 2. The molecule has 1 unspecified atom stereocenters.